The Morgan fingerprint density at radius 1 is 1.20 bits per heavy atom. The van der Waals surface area contributed by atoms with E-state index in [1.165, 1.54) is 19.8 Å². The maximum Gasteiger partial charge on any atom is 0.317 e. The van der Waals surface area contributed by atoms with Gasteiger partial charge in [-0.05, 0) is 50.4 Å². The van der Waals surface area contributed by atoms with Gasteiger partial charge in [-0.25, -0.2) is 0 Å². The highest BCUT2D eigenvalue weighted by molar-refractivity contribution is 6.30. The van der Waals surface area contributed by atoms with E-state index in [9.17, 15) is 9.59 Å². The molecule has 0 radical (unpaired) electrons. The number of piperidine rings is 1. The van der Waals surface area contributed by atoms with Gasteiger partial charge in [0.25, 0.3) is 0 Å². The summed E-state index contributed by atoms with van der Waals surface area (Å²) in [5.74, 6) is -1.37. The first-order valence-electron chi connectivity index (χ1n) is 8.75. The van der Waals surface area contributed by atoms with Crippen molar-refractivity contribution in [2.45, 2.75) is 56.7 Å². The summed E-state index contributed by atoms with van der Waals surface area (Å²) >= 11 is 5.93. The van der Waals surface area contributed by atoms with Crippen molar-refractivity contribution in [2.24, 2.45) is 0 Å². The van der Waals surface area contributed by atoms with Gasteiger partial charge < -0.3 is 14.4 Å². The van der Waals surface area contributed by atoms with Crippen molar-refractivity contribution < 1.29 is 19.1 Å². The van der Waals surface area contributed by atoms with Gasteiger partial charge in [0.05, 0.1) is 0 Å². The molecule has 4 atom stereocenters. The van der Waals surface area contributed by atoms with Gasteiger partial charge >= 0.3 is 11.9 Å². The van der Waals surface area contributed by atoms with Gasteiger partial charge in [-0.15, -0.1) is 0 Å². The third kappa shape index (κ3) is 4.33. The Morgan fingerprint density at radius 3 is 2.36 bits per heavy atom. The second-order valence-electron chi connectivity index (χ2n) is 6.99. The summed E-state index contributed by atoms with van der Waals surface area (Å²) in [6, 6.07) is 7.99. The molecule has 136 valence electrons. The Hall–Kier alpha value is -1.59. The number of benzene rings is 1. The van der Waals surface area contributed by atoms with Gasteiger partial charge in [0.15, 0.2) is 0 Å². The number of esters is 2. The van der Waals surface area contributed by atoms with Gasteiger partial charge in [-0.2, -0.15) is 0 Å². The lowest BCUT2D eigenvalue weighted by atomic mass is 9.98. The van der Waals surface area contributed by atoms with Crippen LogP contribution in [-0.2, 0) is 19.1 Å². The molecular formula is C19H24ClNO4. The van der Waals surface area contributed by atoms with Crippen LogP contribution in [0.15, 0.2) is 24.3 Å². The van der Waals surface area contributed by atoms with E-state index < -0.39 is 11.9 Å². The zero-order chi connectivity index (χ0) is 18.0. The van der Waals surface area contributed by atoms with Crippen LogP contribution in [0.3, 0.4) is 0 Å². The van der Waals surface area contributed by atoms with Crippen molar-refractivity contribution in [1.29, 1.82) is 0 Å². The van der Waals surface area contributed by atoms with E-state index in [-0.39, 0.29) is 18.7 Å². The van der Waals surface area contributed by atoms with Crippen LogP contribution < -0.4 is 0 Å². The zero-order valence-corrected chi connectivity index (χ0v) is 15.4. The first-order valence-corrected chi connectivity index (χ1v) is 9.13. The molecule has 0 aromatic heterocycles. The standard InChI is InChI=1S/C19H24ClNO4/c1-12(22)24-11-18(13-3-5-14(20)6-4-13)19(23)25-17-9-15-7-8-16(10-17)21(15)2/h3-6,15-18H,7-11H2,1-2H3/t15-,16+,17?,18-/m0/s1. The first kappa shape index (κ1) is 18.2. The third-order valence-corrected chi connectivity index (χ3v) is 5.60. The molecule has 0 saturated carbocycles. The number of carbonyl (C=O) groups is 2. The van der Waals surface area contributed by atoms with Gasteiger partial charge in [0.2, 0.25) is 0 Å². The fourth-order valence-corrected chi connectivity index (χ4v) is 4.03. The fraction of sp³-hybridized carbons (Fsp3) is 0.579. The van der Waals surface area contributed by atoms with Crippen LogP contribution in [-0.4, -0.2) is 48.7 Å². The smallest absolute Gasteiger partial charge is 0.317 e. The van der Waals surface area contributed by atoms with Crippen LogP contribution in [0.2, 0.25) is 5.02 Å². The average Bonchev–Trinajstić information content (AvgIpc) is 2.78. The SMILES string of the molecule is CC(=O)OC[C@H](C(=O)OC1C[C@H]2CC[C@@H](C1)N2C)c1ccc(Cl)cc1. The normalized spacial score (nSPS) is 26.9. The van der Waals surface area contributed by atoms with E-state index in [1.54, 1.807) is 24.3 Å². The molecule has 25 heavy (non-hydrogen) atoms. The monoisotopic (exact) mass is 365 g/mol. The van der Waals surface area contributed by atoms with Crippen molar-refractivity contribution in [3.63, 3.8) is 0 Å². The molecule has 2 heterocycles. The molecule has 6 heteroatoms. The average molecular weight is 366 g/mol. The van der Waals surface area contributed by atoms with Crippen molar-refractivity contribution >= 4 is 23.5 Å². The first-order chi connectivity index (χ1) is 11.9. The Kier molecular flexibility index (Phi) is 5.64. The van der Waals surface area contributed by atoms with Crippen molar-refractivity contribution in [2.75, 3.05) is 13.7 Å². The summed E-state index contributed by atoms with van der Waals surface area (Å²) in [5.41, 5.74) is 0.742. The highest BCUT2D eigenvalue weighted by atomic mass is 35.5. The maximum atomic E-state index is 12.8. The van der Waals surface area contributed by atoms with E-state index in [2.05, 4.69) is 11.9 Å². The predicted molar refractivity (Wildman–Crippen MR) is 94.5 cm³/mol. The van der Waals surface area contributed by atoms with E-state index >= 15 is 0 Å². The number of fused-ring (bicyclic) bond motifs is 2. The highest BCUT2D eigenvalue weighted by Crippen LogP contribution is 2.36. The molecule has 3 rings (SSSR count). The van der Waals surface area contributed by atoms with Crippen molar-refractivity contribution in [3.8, 4) is 0 Å². The quantitative estimate of drug-likeness (QED) is 0.750. The minimum absolute atomic E-state index is 0.0186. The van der Waals surface area contributed by atoms with Crippen LogP contribution in [0.5, 0.6) is 0 Å². The van der Waals surface area contributed by atoms with Crippen LogP contribution in [0.4, 0.5) is 0 Å². The van der Waals surface area contributed by atoms with E-state index in [1.807, 2.05) is 0 Å². The lowest BCUT2D eigenvalue weighted by Crippen LogP contribution is -2.44. The fourth-order valence-electron chi connectivity index (χ4n) is 3.90. The summed E-state index contributed by atoms with van der Waals surface area (Å²) < 4.78 is 10.9. The molecule has 1 aromatic carbocycles. The van der Waals surface area contributed by atoms with Crippen LogP contribution >= 0.6 is 11.6 Å². The molecule has 0 N–H and O–H groups in total. The number of carbonyl (C=O) groups excluding carboxylic acids is 2. The van der Waals surface area contributed by atoms with E-state index in [0.29, 0.717) is 17.1 Å². The number of ether oxygens (including phenoxy) is 2. The number of hydrogen-bond acceptors (Lipinski definition) is 5. The molecule has 0 amide bonds. The van der Waals surface area contributed by atoms with Crippen molar-refractivity contribution in [1.82, 2.24) is 4.90 Å². The third-order valence-electron chi connectivity index (χ3n) is 5.35. The van der Waals surface area contributed by atoms with Gasteiger partial charge in [0.1, 0.15) is 18.6 Å². The number of rotatable bonds is 5. The second-order valence-corrected chi connectivity index (χ2v) is 7.42. The molecule has 1 aromatic rings. The molecule has 1 unspecified atom stereocenters. The lowest BCUT2D eigenvalue weighted by molar-refractivity contribution is -0.157. The molecule has 2 aliphatic rings. The van der Waals surface area contributed by atoms with Crippen LogP contribution in [0.25, 0.3) is 0 Å². The van der Waals surface area contributed by atoms with Crippen LogP contribution in [0, 0.1) is 0 Å². The summed E-state index contributed by atoms with van der Waals surface area (Å²) in [4.78, 5) is 26.3. The molecule has 2 aliphatic heterocycles. The minimum Gasteiger partial charge on any atom is -0.465 e. The summed E-state index contributed by atoms with van der Waals surface area (Å²) in [5, 5.41) is 0.593. The van der Waals surface area contributed by atoms with Gasteiger partial charge in [-0.3, -0.25) is 9.59 Å². The Bertz CT molecular complexity index is 619. The number of nitrogens with zero attached hydrogens (tertiary/aromatic N) is 1. The molecule has 5 nitrogen and oxygen atoms in total. The summed E-state index contributed by atoms with van der Waals surface area (Å²) in [6.45, 7) is 1.31. The summed E-state index contributed by atoms with van der Waals surface area (Å²) in [6.07, 6.45) is 4.03. The largest absolute Gasteiger partial charge is 0.465 e. The molecule has 2 fully saturated rings. The Morgan fingerprint density at radius 2 is 1.80 bits per heavy atom. The molecule has 0 aliphatic carbocycles. The highest BCUT2D eigenvalue weighted by Gasteiger charge is 2.40. The zero-order valence-electron chi connectivity index (χ0n) is 14.6. The van der Waals surface area contributed by atoms with Gasteiger partial charge in [-0.1, -0.05) is 23.7 Å². The molecular weight excluding hydrogens is 342 g/mol. The molecule has 2 bridgehead atoms. The topological polar surface area (TPSA) is 55.8 Å². The van der Waals surface area contributed by atoms with Gasteiger partial charge in [0, 0.05) is 24.0 Å². The minimum atomic E-state index is -0.626. The summed E-state index contributed by atoms with van der Waals surface area (Å²) in [7, 11) is 2.15. The Balaban J connectivity index is 1.68. The Labute approximate surface area is 153 Å². The lowest BCUT2D eigenvalue weighted by Gasteiger charge is -2.36. The van der Waals surface area contributed by atoms with Crippen molar-refractivity contribution in [3.05, 3.63) is 34.9 Å². The van der Waals surface area contributed by atoms with Crippen LogP contribution in [0.1, 0.15) is 44.1 Å². The van der Waals surface area contributed by atoms with E-state index in [4.69, 9.17) is 21.1 Å². The number of halogens is 1. The molecule has 0 spiro atoms. The second kappa shape index (κ2) is 7.75. The number of hydrogen-bond donors (Lipinski definition) is 0. The maximum absolute atomic E-state index is 12.8. The molecule has 2 saturated heterocycles. The van der Waals surface area contributed by atoms with E-state index in [0.717, 1.165) is 18.4 Å². The predicted octanol–water partition coefficient (Wildman–Crippen LogP) is 3.16.